The van der Waals surface area contributed by atoms with Gasteiger partial charge >= 0.3 is 0 Å². The molecule has 4 N–H and O–H groups in total. The predicted molar refractivity (Wildman–Crippen MR) is 77.4 cm³/mol. The molecule has 5 heteroatoms. The Morgan fingerprint density at radius 3 is 2.47 bits per heavy atom. The number of thiocarbonyl (C=S) groups is 1. The lowest BCUT2D eigenvalue weighted by Gasteiger charge is -2.11. The molecule has 0 unspecified atom stereocenters. The van der Waals surface area contributed by atoms with Crippen LogP contribution in [0.2, 0.25) is 0 Å². The molecule has 0 spiro atoms. The Kier molecular flexibility index (Phi) is 4.90. The molecule has 0 heterocycles. The first-order valence-electron chi connectivity index (χ1n) is 5.49. The Bertz CT molecular complexity index is 420. The smallest absolute Gasteiger partial charge is 0.200 e. The quantitative estimate of drug-likeness (QED) is 0.426. The molecule has 0 aromatic heterocycles. The van der Waals surface area contributed by atoms with Crippen LogP contribution in [0.3, 0.4) is 0 Å². The number of anilines is 1. The molecule has 17 heavy (non-hydrogen) atoms. The summed E-state index contributed by atoms with van der Waals surface area (Å²) in [7, 11) is 0. The fourth-order valence-electron chi connectivity index (χ4n) is 1.47. The minimum Gasteiger partial charge on any atom is -0.369 e. The summed E-state index contributed by atoms with van der Waals surface area (Å²) in [6.07, 6.45) is 0. The van der Waals surface area contributed by atoms with Crippen molar-refractivity contribution in [2.75, 3.05) is 11.9 Å². The van der Waals surface area contributed by atoms with Crippen molar-refractivity contribution < 1.29 is 0 Å². The molecule has 0 saturated carbocycles. The number of aryl methyl sites for hydroxylation is 2. The zero-order chi connectivity index (χ0) is 12.8. The zero-order valence-corrected chi connectivity index (χ0v) is 11.2. The van der Waals surface area contributed by atoms with Gasteiger partial charge in [0.15, 0.2) is 5.11 Å². The van der Waals surface area contributed by atoms with E-state index < -0.39 is 0 Å². The lowest BCUT2D eigenvalue weighted by molar-refractivity contribution is 0.972. The Morgan fingerprint density at radius 1 is 1.35 bits per heavy atom. The van der Waals surface area contributed by atoms with Crippen molar-refractivity contribution in [1.29, 1.82) is 0 Å². The lowest BCUT2D eigenvalue weighted by atomic mass is 10.1. The summed E-state index contributed by atoms with van der Waals surface area (Å²) >= 11 is 4.99. The van der Waals surface area contributed by atoms with Crippen molar-refractivity contribution in [2.45, 2.75) is 20.8 Å². The Hall–Kier alpha value is -1.62. The lowest BCUT2D eigenvalue weighted by Crippen LogP contribution is -2.28. The molecule has 92 valence electrons. The van der Waals surface area contributed by atoms with Gasteiger partial charge in [-0.15, -0.1) is 0 Å². The second-order valence-electron chi connectivity index (χ2n) is 3.72. The summed E-state index contributed by atoms with van der Waals surface area (Å²) in [5.41, 5.74) is 9.01. The summed E-state index contributed by atoms with van der Waals surface area (Å²) in [6.45, 7) is 6.73. The molecular weight excluding hydrogens is 232 g/mol. The summed E-state index contributed by atoms with van der Waals surface area (Å²) in [5, 5.41) is 6.38. The van der Waals surface area contributed by atoms with E-state index in [1.165, 1.54) is 0 Å². The van der Waals surface area contributed by atoms with Crippen molar-refractivity contribution >= 4 is 29.0 Å². The fourth-order valence-corrected chi connectivity index (χ4v) is 1.71. The average Bonchev–Trinajstić information content (AvgIpc) is 2.24. The number of nitrogens with one attached hydrogen (secondary N) is 2. The van der Waals surface area contributed by atoms with Crippen LogP contribution in [0.1, 0.15) is 18.1 Å². The van der Waals surface area contributed by atoms with Crippen LogP contribution in [-0.2, 0) is 0 Å². The summed E-state index contributed by atoms with van der Waals surface area (Å²) in [6, 6.07) is 6.04. The average molecular weight is 250 g/mol. The van der Waals surface area contributed by atoms with Crippen molar-refractivity contribution in [1.82, 2.24) is 5.32 Å². The van der Waals surface area contributed by atoms with Crippen LogP contribution in [0.5, 0.6) is 0 Å². The summed E-state index contributed by atoms with van der Waals surface area (Å²) in [5.74, 6) is 0.299. The number of aliphatic imine (C=N–C) groups is 1. The van der Waals surface area contributed by atoms with E-state index in [2.05, 4.69) is 15.6 Å². The van der Waals surface area contributed by atoms with Gasteiger partial charge in [0.25, 0.3) is 0 Å². The minimum absolute atomic E-state index is 0.299. The molecule has 1 aromatic carbocycles. The second-order valence-corrected chi connectivity index (χ2v) is 4.11. The number of hydrogen-bond acceptors (Lipinski definition) is 1. The molecular formula is C12H18N4S. The molecule has 4 nitrogen and oxygen atoms in total. The molecule has 0 aliphatic carbocycles. The van der Waals surface area contributed by atoms with Gasteiger partial charge in [-0.25, -0.2) is 0 Å². The number of benzene rings is 1. The molecule has 1 aromatic rings. The monoisotopic (exact) mass is 250 g/mol. The van der Waals surface area contributed by atoms with E-state index in [0.717, 1.165) is 23.4 Å². The number of guanidine groups is 1. The molecule has 1 rings (SSSR count). The van der Waals surface area contributed by atoms with Crippen molar-refractivity contribution in [3.8, 4) is 0 Å². The van der Waals surface area contributed by atoms with E-state index >= 15 is 0 Å². The van der Waals surface area contributed by atoms with E-state index in [1.54, 1.807) is 0 Å². The van der Waals surface area contributed by atoms with Gasteiger partial charge in [0.05, 0.1) is 0 Å². The van der Waals surface area contributed by atoms with Crippen molar-refractivity contribution in [3.63, 3.8) is 0 Å². The predicted octanol–water partition coefficient (Wildman–Crippen LogP) is 1.92. The summed E-state index contributed by atoms with van der Waals surface area (Å²) in [4.78, 5) is 4.05. The van der Waals surface area contributed by atoms with Crippen LogP contribution in [0.15, 0.2) is 23.2 Å². The van der Waals surface area contributed by atoms with Crippen LogP contribution >= 0.6 is 12.2 Å². The molecule has 0 fully saturated rings. The van der Waals surface area contributed by atoms with Gasteiger partial charge in [0, 0.05) is 12.2 Å². The molecule has 0 radical (unpaired) electrons. The first kappa shape index (κ1) is 13.4. The van der Waals surface area contributed by atoms with Crippen LogP contribution in [0.25, 0.3) is 0 Å². The number of hydrogen-bond donors (Lipinski definition) is 3. The van der Waals surface area contributed by atoms with Crippen LogP contribution in [0.4, 0.5) is 5.69 Å². The normalized spacial score (nSPS) is 11.1. The molecule has 0 saturated heterocycles. The van der Waals surface area contributed by atoms with Gasteiger partial charge in [-0.05, 0) is 44.1 Å². The molecule has 0 atom stereocenters. The van der Waals surface area contributed by atoms with E-state index in [4.69, 9.17) is 18.0 Å². The standard InChI is InChI=1S/C12H18N4S/c1-4-14-12(17)16-11(13)15-10-8(2)6-5-7-9(10)3/h5-7H,4H2,1-3H3,(H4,13,14,15,16,17). The van der Waals surface area contributed by atoms with Gasteiger partial charge in [0.2, 0.25) is 5.96 Å². The Balaban J connectivity index is 2.81. The zero-order valence-electron chi connectivity index (χ0n) is 10.4. The highest BCUT2D eigenvalue weighted by atomic mass is 32.1. The van der Waals surface area contributed by atoms with Crippen LogP contribution in [-0.4, -0.2) is 17.6 Å². The molecule has 0 aliphatic heterocycles. The maximum Gasteiger partial charge on any atom is 0.200 e. The second kappa shape index (κ2) is 6.20. The first-order chi connectivity index (χ1) is 8.04. The number of rotatable bonds is 2. The largest absolute Gasteiger partial charge is 0.369 e. The van der Waals surface area contributed by atoms with E-state index in [1.807, 2.05) is 39.0 Å². The molecule has 0 aliphatic rings. The van der Waals surface area contributed by atoms with Gasteiger partial charge in [-0.3, -0.25) is 0 Å². The Morgan fingerprint density at radius 2 is 1.94 bits per heavy atom. The third-order valence-corrected chi connectivity index (χ3v) is 2.52. The van der Waals surface area contributed by atoms with Crippen LogP contribution in [0, 0.1) is 13.8 Å². The maximum absolute atomic E-state index is 5.79. The number of nitrogens with zero attached hydrogens (tertiary/aromatic N) is 1. The minimum atomic E-state index is 0.299. The number of para-hydroxylation sites is 1. The third kappa shape index (κ3) is 4.03. The Labute approximate surface area is 107 Å². The fraction of sp³-hybridized carbons (Fsp3) is 0.333. The van der Waals surface area contributed by atoms with Gasteiger partial charge < -0.3 is 16.4 Å². The summed E-state index contributed by atoms with van der Waals surface area (Å²) < 4.78 is 0. The van der Waals surface area contributed by atoms with Crippen molar-refractivity contribution in [2.24, 2.45) is 10.7 Å². The number of nitrogens with two attached hydrogens (primary N) is 1. The highest BCUT2D eigenvalue weighted by Crippen LogP contribution is 2.18. The molecule has 0 amide bonds. The topological polar surface area (TPSA) is 62.4 Å². The van der Waals surface area contributed by atoms with Gasteiger partial charge in [0.1, 0.15) is 0 Å². The maximum atomic E-state index is 5.79. The highest BCUT2D eigenvalue weighted by molar-refractivity contribution is 7.80. The van der Waals surface area contributed by atoms with Gasteiger partial charge in [-0.1, -0.05) is 18.2 Å². The van der Waals surface area contributed by atoms with E-state index in [0.29, 0.717) is 11.1 Å². The SMILES string of the molecule is CCNC(=S)N=C(N)Nc1c(C)cccc1C. The van der Waals surface area contributed by atoms with E-state index in [-0.39, 0.29) is 0 Å². The third-order valence-electron chi connectivity index (χ3n) is 2.28. The highest BCUT2D eigenvalue weighted by Gasteiger charge is 2.03. The van der Waals surface area contributed by atoms with E-state index in [9.17, 15) is 0 Å². The molecule has 0 bridgehead atoms. The van der Waals surface area contributed by atoms with Crippen LogP contribution < -0.4 is 16.4 Å². The van der Waals surface area contributed by atoms with Gasteiger partial charge in [-0.2, -0.15) is 4.99 Å². The first-order valence-corrected chi connectivity index (χ1v) is 5.90. The van der Waals surface area contributed by atoms with Crippen molar-refractivity contribution in [3.05, 3.63) is 29.3 Å².